The summed E-state index contributed by atoms with van der Waals surface area (Å²) >= 11 is 0. The van der Waals surface area contributed by atoms with Gasteiger partial charge in [0.2, 0.25) is 0 Å². The summed E-state index contributed by atoms with van der Waals surface area (Å²) in [4.78, 5) is 4.47. The Morgan fingerprint density at radius 2 is 2.07 bits per heavy atom. The summed E-state index contributed by atoms with van der Waals surface area (Å²) in [7, 11) is 1.67. The molecule has 0 amide bonds. The van der Waals surface area contributed by atoms with Gasteiger partial charge in [-0.1, -0.05) is 0 Å². The van der Waals surface area contributed by atoms with Crippen molar-refractivity contribution in [3.05, 3.63) is 29.8 Å². The van der Waals surface area contributed by atoms with E-state index >= 15 is 0 Å². The highest BCUT2D eigenvalue weighted by Gasteiger charge is 2.12. The lowest BCUT2D eigenvalue weighted by atomic mass is 10.1. The Balaban J connectivity index is 2.18. The minimum absolute atomic E-state index is 0.514. The summed E-state index contributed by atoms with van der Waals surface area (Å²) in [5, 5.41) is 3.38. The van der Waals surface area contributed by atoms with Crippen molar-refractivity contribution in [1.29, 1.82) is 0 Å². The number of aliphatic imine (C=N–C) groups is 1. The average molecular weight is 204 g/mol. The second kappa shape index (κ2) is 4.34. The van der Waals surface area contributed by atoms with Crippen molar-refractivity contribution >= 4 is 5.84 Å². The molecule has 0 aliphatic carbocycles. The molecule has 0 saturated heterocycles. The quantitative estimate of drug-likeness (QED) is 0.797. The molecule has 0 saturated carbocycles. The van der Waals surface area contributed by atoms with Gasteiger partial charge >= 0.3 is 0 Å². The molecule has 1 N–H and O–H groups in total. The van der Waals surface area contributed by atoms with Gasteiger partial charge in [0.25, 0.3) is 0 Å². The van der Waals surface area contributed by atoms with Gasteiger partial charge in [0.05, 0.1) is 7.11 Å². The maximum absolute atomic E-state index is 5.12. The predicted molar refractivity (Wildman–Crippen MR) is 61.6 cm³/mol. The van der Waals surface area contributed by atoms with Crippen LogP contribution in [0.4, 0.5) is 0 Å². The van der Waals surface area contributed by atoms with Crippen molar-refractivity contribution < 1.29 is 4.74 Å². The van der Waals surface area contributed by atoms with Gasteiger partial charge in [0.1, 0.15) is 11.6 Å². The van der Waals surface area contributed by atoms with Gasteiger partial charge in [0.15, 0.2) is 0 Å². The molecule has 0 fully saturated rings. The molecule has 80 valence electrons. The van der Waals surface area contributed by atoms with Crippen LogP contribution in [0, 0.1) is 0 Å². The van der Waals surface area contributed by atoms with Crippen LogP contribution in [0.3, 0.4) is 0 Å². The molecule has 1 aromatic rings. The molecule has 1 aliphatic heterocycles. The van der Waals surface area contributed by atoms with E-state index in [1.54, 1.807) is 7.11 Å². The van der Waals surface area contributed by atoms with Crippen LogP contribution in [0.15, 0.2) is 29.3 Å². The summed E-state index contributed by atoms with van der Waals surface area (Å²) in [5.41, 5.74) is 1.13. The normalized spacial score (nSPS) is 20.4. The fourth-order valence-corrected chi connectivity index (χ4v) is 1.64. The van der Waals surface area contributed by atoms with Crippen LogP contribution in [0.25, 0.3) is 0 Å². The van der Waals surface area contributed by atoms with E-state index in [1.165, 1.54) is 0 Å². The largest absolute Gasteiger partial charge is 0.497 e. The average Bonchev–Trinajstić information content (AvgIpc) is 2.29. The molecule has 1 aliphatic rings. The van der Waals surface area contributed by atoms with Gasteiger partial charge in [-0.2, -0.15) is 0 Å². The summed E-state index contributed by atoms with van der Waals surface area (Å²) in [5.74, 6) is 1.87. The lowest BCUT2D eigenvalue weighted by Gasteiger charge is -2.21. The number of nitrogens with one attached hydrogen (secondary N) is 1. The highest BCUT2D eigenvalue weighted by Crippen LogP contribution is 2.13. The van der Waals surface area contributed by atoms with E-state index < -0.39 is 0 Å². The SMILES string of the molecule is COc1ccc(C2=NCC[C@H](C)N2)cc1. The number of hydrogen-bond acceptors (Lipinski definition) is 3. The van der Waals surface area contributed by atoms with E-state index in [1.807, 2.05) is 24.3 Å². The topological polar surface area (TPSA) is 33.6 Å². The van der Waals surface area contributed by atoms with E-state index in [0.29, 0.717) is 6.04 Å². The molecule has 0 radical (unpaired) electrons. The molecule has 0 bridgehead atoms. The number of nitrogens with zero attached hydrogens (tertiary/aromatic N) is 1. The lowest BCUT2D eigenvalue weighted by molar-refractivity contribution is 0.415. The van der Waals surface area contributed by atoms with Gasteiger partial charge in [-0.15, -0.1) is 0 Å². The van der Waals surface area contributed by atoms with Crippen LogP contribution in [0.1, 0.15) is 18.9 Å². The molecule has 2 rings (SSSR count). The second-order valence-electron chi connectivity index (χ2n) is 3.79. The first-order valence-electron chi connectivity index (χ1n) is 5.25. The van der Waals surface area contributed by atoms with E-state index in [4.69, 9.17) is 4.74 Å². The number of benzene rings is 1. The Bertz CT molecular complexity index is 356. The number of ether oxygens (including phenoxy) is 1. The molecule has 3 heteroatoms. The van der Waals surface area contributed by atoms with Crippen LogP contribution in [0.2, 0.25) is 0 Å². The number of amidine groups is 1. The standard InChI is InChI=1S/C12H16N2O/c1-9-7-8-13-12(14-9)10-3-5-11(15-2)6-4-10/h3-6,9H,7-8H2,1-2H3,(H,13,14)/t9-/m0/s1. The molecule has 0 unspecified atom stereocenters. The van der Waals surface area contributed by atoms with Crippen LogP contribution >= 0.6 is 0 Å². The first kappa shape index (κ1) is 10.0. The van der Waals surface area contributed by atoms with Gasteiger partial charge in [-0.3, -0.25) is 4.99 Å². The highest BCUT2D eigenvalue weighted by molar-refractivity contribution is 5.99. The number of rotatable bonds is 2. The third-order valence-corrected chi connectivity index (χ3v) is 2.58. The fourth-order valence-electron chi connectivity index (χ4n) is 1.64. The molecule has 1 heterocycles. The van der Waals surface area contributed by atoms with Crippen molar-refractivity contribution in [2.24, 2.45) is 4.99 Å². The summed E-state index contributed by atoms with van der Waals surface area (Å²) in [6, 6.07) is 8.49. The van der Waals surface area contributed by atoms with Gasteiger partial charge < -0.3 is 10.1 Å². The first-order valence-corrected chi connectivity index (χ1v) is 5.25. The number of methoxy groups -OCH3 is 1. The molecule has 0 spiro atoms. The zero-order chi connectivity index (χ0) is 10.7. The fraction of sp³-hybridized carbons (Fsp3) is 0.417. The van der Waals surface area contributed by atoms with E-state index in [2.05, 4.69) is 17.2 Å². The monoisotopic (exact) mass is 204 g/mol. The van der Waals surface area contributed by atoms with Crippen LogP contribution in [0.5, 0.6) is 5.75 Å². The summed E-state index contributed by atoms with van der Waals surface area (Å²) in [6.07, 6.45) is 1.11. The zero-order valence-corrected chi connectivity index (χ0v) is 9.16. The van der Waals surface area contributed by atoms with Crippen LogP contribution < -0.4 is 10.1 Å². The molecular weight excluding hydrogens is 188 g/mol. The maximum Gasteiger partial charge on any atom is 0.128 e. The Labute approximate surface area is 90.2 Å². The van der Waals surface area contributed by atoms with Crippen molar-refractivity contribution in [3.63, 3.8) is 0 Å². The molecule has 0 aromatic heterocycles. The minimum Gasteiger partial charge on any atom is -0.497 e. The summed E-state index contributed by atoms with van der Waals surface area (Å²) < 4.78 is 5.12. The molecule has 1 aromatic carbocycles. The van der Waals surface area contributed by atoms with Crippen molar-refractivity contribution in [2.75, 3.05) is 13.7 Å². The Hall–Kier alpha value is -1.51. The molecule has 1 atom stereocenters. The highest BCUT2D eigenvalue weighted by atomic mass is 16.5. The third-order valence-electron chi connectivity index (χ3n) is 2.58. The Morgan fingerprint density at radius 1 is 1.33 bits per heavy atom. The van der Waals surface area contributed by atoms with Gasteiger partial charge in [-0.25, -0.2) is 0 Å². The van der Waals surface area contributed by atoms with E-state index in [9.17, 15) is 0 Å². The molecule has 15 heavy (non-hydrogen) atoms. The smallest absolute Gasteiger partial charge is 0.128 e. The maximum atomic E-state index is 5.12. The van der Waals surface area contributed by atoms with Crippen molar-refractivity contribution in [3.8, 4) is 5.75 Å². The van der Waals surface area contributed by atoms with Crippen LogP contribution in [-0.2, 0) is 0 Å². The van der Waals surface area contributed by atoms with Crippen molar-refractivity contribution in [2.45, 2.75) is 19.4 Å². The van der Waals surface area contributed by atoms with Crippen LogP contribution in [-0.4, -0.2) is 25.5 Å². The van der Waals surface area contributed by atoms with Gasteiger partial charge in [-0.05, 0) is 37.6 Å². The summed E-state index contributed by atoms with van der Waals surface area (Å²) in [6.45, 7) is 3.09. The Morgan fingerprint density at radius 3 is 2.67 bits per heavy atom. The molecule has 3 nitrogen and oxygen atoms in total. The number of hydrogen-bond donors (Lipinski definition) is 1. The lowest BCUT2D eigenvalue weighted by Crippen LogP contribution is -2.37. The Kier molecular flexibility index (Phi) is 2.90. The zero-order valence-electron chi connectivity index (χ0n) is 9.16. The molecular formula is C12H16N2O. The first-order chi connectivity index (χ1) is 7.29. The second-order valence-corrected chi connectivity index (χ2v) is 3.79. The van der Waals surface area contributed by atoms with E-state index in [0.717, 1.165) is 30.1 Å². The van der Waals surface area contributed by atoms with Gasteiger partial charge in [0, 0.05) is 18.2 Å². The predicted octanol–water partition coefficient (Wildman–Crippen LogP) is 1.82. The minimum atomic E-state index is 0.514. The van der Waals surface area contributed by atoms with Crippen molar-refractivity contribution in [1.82, 2.24) is 5.32 Å². The van der Waals surface area contributed by atoms with E-state index in [-0.39, 0.29) is 0 Å². The third kappa shape index (κ3) is 2.29.